The Hall–Kier alpha value is -3.26. The van der Waals surface area contributed by atoms with Gasteiger partial charge in [-0.05, 0) is 41.1 Å². The van der Waals surface area contributed by atoms with Crippen molar-refractivity contribution >= 4 is 48.9 Å². The maximum atomic E-state index is 5.45. The fourth-order valence-electron chi connectivity index (χ4n) is 4.27. The van der Waals surface area contributed by atoms with Crippen LogP contribution in [0.1, 0.15) is 0 Å². The number of methoxy groups -OCH3 is 1. The first-order chi connectivity index (χ1) is 12.3. The average molecular weight is 321 g/mol. The second-order valence-corrected chi connectivity index (χ2v) is 6.64. The standard InChI is InChI=1S/C23H15NO/c1-25-16-9-10-21-20(13-16)18-8-4-7-17-19-11-14-5-2-3-6-15(14)12-22(19)24(21)23(17)18/h2-13H,1H3. The van der Waals surface area contributed by atoms with Gasteiger partial charge in [0.25, 0.3) is 0 Å². The number of nitrogens with zero attached hydrogens (tertiary/aromatic N) is 1. The van der Waals surface area contributed by atoms with Gasteiger partial charge in [0, 0.05) is 21.5 Å². The molecule has 0 atom stereocenters. The molecule has 2 heteroatoms. The van der Waals surface area contributed by atoms with Crippen molar-refractivity contribution in [3.63, 3.8) is 0 Å². The summed E-state index contributed by atoms with van der Waals surface area (Å²) in [6, 6.07) is 26.2. The van der Waals surface area contributed by atoms with Gasteiger partial charge in [-0.1, -0.05) is 42.5 Å². The molecule has 4 aromatic carbocycles. The Morgan fingerprint density at radius 1 is 0.640 bits per heavy atom. The maximum Gasteiger partial charge on any atom is 0.119 e. The van der Waals surface area contributed by atoms with E-state index in [1.54, 1.807) is 7.11 Å². The summed E-state index contributed by atoms with van der Waals surface area (Å²) in [5.41, 5.74) is 3.80. The summed E-state index contributed by atoms with van der Waals surface area (Å²) in [4.78, 5) is 0. The highest BCUT2D eigenvalue weighted by Gasteiger charge is 2.17. The van der Waals surface area contributed by atoms with Crippen molar-refractivity contribution in [3.05, 3.63) is 72.8 Å². The second kappa shape index (κ2) is 4.42. The Balaban J connectivity index is 1.95. The van der Waals surface area contributed by atoms with E-state index < -0.39 is 0 Å². The molecular formula is C23H15NO. The van der Waals surface area contributed by atoms with Crippen LogP contribution in [-0.2, 0) is 0 Å². The van der Waals surface area contributed by atoms with Crippen molar-refractivity contribution in [2.75, 3.05) is 7.11 Å². The van der Waals surface area contributed by atoms with Crippen molar-refractivity contribution in [1.82, 2.24) is 4.40 Å². The van der Waals surface area contributed by atoms with Gasteiger partial charge in [-0.3, -0.25) is 0 Å². The molecule has 0 amide bonds. The number of rotatable bonds is 1. The van der Waals surface area contributed by atoms with E-state index in [9.17, 15) is 0 Å². The normalized spacial score (nSPS) is 12.2. The van der Waals surface area contributed by atoms with Crippen LogP contribution in [0.4, 0.5) is 0 Å². The third-order valence-corrected chi connectivity index (χ3v) is 5.39. The third-order valence-electron chi connectivity index (χ3n) is 5.39. The smallest absolute Gasteiger partial charge is 0.119 e. The molecule has 2 aromatic heterocycles. The number of hydrogen-bond acceptors (Lipinski definition) is 1. The predicted molar refractivity (Wildman–Crippen MR) is 105 cm³/mol. The van der Waals surface area contributed by atoms with E-state index >= 15 is 0 Å². The first-order valence-corrected chi connectivity index (χ1v) is 8.50. The molecule has 118 valence electrons. The lowest BCUT2D eigenvalue weighted by molar-refractivity contribution is 0.415. The average Bonchev–Trinajstić information content (AvgIpc) is 3.17. The lowest BCUT2D eigenvalue weighted by Crippen LogP contribution is -1.84. The molecule has 6 rings (SSSR count). The quantitative estimate of drug-likeness (QED) is 0.362. The molecule has 0 aliphatic carbocycles. The fourth-order valence-corrected chi connectivity index (χ4v) is 4.27. The van der Waals surface area contributed by atoms with Crippen molar-refractivity contribution in [2.45, 2.75) is 0 Å². The summed E-state index contributed by atoms with van der Waals surface area (Å²) in [7, 11) is 1.72. The highest BCUT2D eigenvalue weighted by atomic mass is 16.5. The van der Waals surface area contributed by atoms with Gasteiger partial charge in [0.1, 0.15) is 5.75 Å². The molecule has 0 bridgehead atoms. The van der Waals surface area contributed by atoms with E-state index in [1.165, 1.54) is 48.9 Å². The molecule has 0 radical (unpaired) electrons. The van der Waals surface area contributed by atoms with Gasteiger partial charge in [-0.2, -0.15) is 0 Å². The van der Waals surface area contributed by atoms with E-state index in [0.717, 1.165) is 5.75 Å². The summed E-state index contributed by atoms with van der Waals surface area (Å²) < 4.78 is 7.85. The van der Waals surface area contributed by atoms with Gasteiger partial charge >= 0.3 is 0 Å². The van der Waals surface area contributed by atoms with Crippen molar-refractivity contribution in [1.29, 1.82) is 0 Å². The zero-order valence-corrected chi connectivity index (χ0v) is 13.8. The number of fused-ring (bicyclic) bond motifs is 7. The number of para-hydroxylation sites is 1. The van der Waals surface area contributed by atoms with Crippen molar-refractivity contribution < 1.29 is 4.74 Å². The summed E-state index contributed by atoms with van der Waals surface area (Å²) in [5.74, 6) is 0.899. The molecule has 0 spiro atoms. The minimum atomic E-state index is 0.899. The summed E-state index contributed by atoms with van der Waals surface area (Å²) >= 11 is 0. The third kappa shape index (κ3) is 1.54. The zero-order chi connectivity index (χ0) is 16.5. The molecule has 2 nitrogen and oxygen atoms in total. The number of ether oxygens (including phenoxy) is 1. The van der Waals surface area contributed by atoms with Crippen LogP contribution in [0.3, 0.4) is 0 Å². The van der Waals surface area contributed by atoms with Gasteiger partial charge in [0.2, 0.25) is 0 Å². The molecule has 0 aliphatic rings. The molecule has 25 heavy (non-hydrogen) atoms. The van der Waals surface area contributed by atoms with E-state index in [0.29, 0.717) is 0 Å². The Kier molecular flexibility index (Phi) is 2.31. The fraction of sp³-hybridized carbons (Fsp3) is 0.0435. The monoisotopic (exact) mass is 321 g/mol. The summed E-state index contributed by atoms with van der Waals surface area (Å²) in [6.07, 6.45) is 0. The van der Waals surface area contributed by atoms with Gasteiger partial charge in [-0.15, -0.1) is 0 Å². The topological polar surface area (TPSA) is 13.6 Å². The van der Waals surface area contributed by atoms with Crippen LogP contribution in [-0.4, -0.2) is 11.5 Å². The number of hydrogen-bond donors (Lipinski definition) is 0. The van der Waals surface area contributed by atoms with Crippen LogP contribution in [0.15, 0.2) is 72.8 Å². The number of benzene rings is 4. The molecule has 0 fully saturated rings. The lowest BCUT2D eigenvalue weighted by Gasteiger charge is -2.03. The SMILES string of the molecule is COc1ccc2c(c1)c1cccc3c4cc5ccccc5cc4n2c13. The van der Waals surface area contributed by atoms with Crippen LogP contribution in [0.5, 0.6) is 5.75 Å². The minimum absolute atomic E-state index is 0.899. The highest BCUT2D eigenvalue weighted by Crippen LogP contribution is 2.40. The minimum Gasteiger partial charge on any atom is -0.497 e. The Bertz CT molecular complexity index is 1420. The molecule has 2 heterocycles. The van der Waals surface area contributed by atoms with E-state index in [1.807, 2.05) is 6.07 Å². The lowest BCUT2D eigenvalue weighted by atomic mass is 10.0. The molecule has 0 unspecified atom stereocenters. The molecule has 0 aliphatic heterocycles. The van der Waals surface area contributed by atoms with E-state index in [4.69, 9.17) is 4.74 Å². The van der Waals surface area contributed by atoms with Crippen molar-refractivity contribution in [3.8, 4) is 5.75 Å². The predicted octanol–water partition coefficient (Wildman–Crippen LogP) is 6.00. The van der Waals surface area contributed by atoms with Gasteiger partial charge in [-0.25, -0.2) is 0 Å². The summed E-state index contributed by atoms with van der Waals surface area (Å²) in [5, 5.41) is 7.72. The highest BCUT2D eigenvalue weighted by molar-refractivity contribution is 6.24. The van der Waals surface area contributed by atoms with Crippen LogP contribution in [0.25, 0.3) is 48.9 Å². The first kappa shape index (κ1) is 13.1. The first-order valence-electron chi connectivity index (χ1n) is 8.50. The maximum absolute atomic E-state index is 5.45. The van der Waals surface area contributed by atoms with E-state index in [2.05, 4.69) is 71.1 Å². The Morgan fingerprint density at radius 2 is 1.36 bits per heavy atom. The van der Waals surface area contributed by atoms with Gasteiger partial charge < -0.3 is 9.14 Å². The largest absolute Gasteiger partial charge is 0.497 e. The van der Waals surface area contributed by atoms with Crippen LogP contribution in [0.2, 0.25) is 0 Å². The van der Waals surface area contributed by atoms with Crippen molar-refractivity contribution in [2.24, 2.45) is 0 Å². The molecule has 0 saturated heterocycles. The second-order valence-electron chi connectivity index (χ2n) is 6.64. The van der Waals surface area contributed by atoms with Crippen LogP contribution in [0, 0.1) is 0 Å². The van der Waals surface area contributed by atoms with Crippen LogP contribution >= 0.6 is 0 Å². The molecule has 6 aromatic rings. The van der Waals surface area contributed by atoms with Crippen LogP contribution < -0.4 is 4.74 Å². The Labute approximate surface area is 144 Å². The van der Waals surface area contributed by atoms with Gasteiger partial charge in [0.05, 0.1) is 23.7 Å². The molecule has 0 N–H and O–H groups in total. The number of aromatic nitrogens is 1. The van der Waals surface area contributed by atoms with E-state index in [-0.39, 0.29) is 0 Å². The molecule has 0 saturated carbocycles. The van der Waals surface area contributed by atoms with Gasteiger partial charge in [0.15, 0.2) is 0 Å². The Morgan fingerprint density at radius 3 is 2.12 bits per heavy atom. The zero-order valence-electron chi connectivity index (χ0n) is 13.8. The molecular weight excluding hydrogens is 306 g/mol. The summed E-state index contributed by atoms with van der Waals surface area (Å²) in [6.45, 7) is 0.